The number of rotatable bonds is 4. The summed E-state index contributed by atoms with van der Waals surface area (Å²) in [5.74, 6) is 1.89. The second-order valence-electron chi connectivity index (χ2n) is 4.89. The van der Waals surface area contributed by atoms with Crippen LogP contribution in [-0.2, 0) is 6.54 Å². The normalized spacial score (nSPS) is 13.9. The molecule has 1 aromatic heterocycles. The van der Waals surface area contributed by atoms with Gasteiger partial charge in [0.1, 0.15) is 0 Å². The zero-order valence-electron chi connectivity index (χ0n) is 9.99. The van der Waals surface area contributed by atoms with E-state index in [1.54, 1.807) is 0 Å². The molecule has 1 aromatic rings. The summed E-state index contributed by atoms with van der Waals surface area (Å²) < 4.78 is 2.05. The van der Waals surface area contributed by atoms with Crippen molar-refractivity contribution >= 4 is 0 Å². The van der Waals surface area contributed by atoms with Crippen LogP contribution in [0.1, 0.15) is 46.2 Å². The highest BCUT2D eigenvalue weighted by Gasteiger charge is 2.12. The Labute approximate surface area is 87.3 Å². The van der Waals surface area contributed by atoms with Gasteiger partial charge in [-0.3, -0.25) is 4.68 Å². The van der Waals surface area contributed by atoms with Gasteiger partial charge in [-0.1, -0.05) is 34.6 Å². The van der Waals surface area contributed by atoms with Crippen LogP contribution in [0, 0.1) is 11.8 Å². The van der Waals surface area contributed by atoms with Crippen LogP contribution in [0.5, 0.6) is 0 Å². The largest absolute Gasteiger partial charge is 0.272 e. The predicted octanol–water partition coefficient (Wildman–Crippen LogP) is 3.30. The molecule has 80 valence electrons. The fourth-order valence-electron chi connectivity index (χ4n) is 1.44. The third-order valence-electron chi connectivity index (χ3n) is 2.68. The summed E-state index contributed by atoms with van der Waals surface area (Å²) in [7, 11) is 0. The molecule has 0 aliphatic rings. The molecule has 1 unspecified atom stereocenters. The Morgan fingerprint density at radius 3 is 2.36 bits per heavy atom. The molecule has 0 aliphatic heterocycles. The molecule has 0 amide bonds. The molecular formula is C12H22N2. The molecule has 0 N–H and O–H groups in total. The van der Waals surface area contributed by atoms with E-state index in [0.29, 0.717) is 17.8 Å². The van der Waals surface area contributed by atoms with Crippen LogP contribution in [0.15, 0.2) is 12.3 Å². The first-order chi connectivity index (χ1) is 6.50. The second kappa shape index (κ2) is 4.63. The number of hydrogen-bond acceptors (Lipinski definition) is 1. The van der Waals surface area contributed by atoms with Gasteiger partial charge in [0.15, 0.2) is 0 Å². The van der Waals surface area contributed by atoms with E-state index in [1.807, 2.05) is 0 Å². The van der Waals surface area contributed by atoms with E-state index >= 15 is 0 Å². The molecular weight excluding hydrogens is 172 g/mol. The van der Waals surface area contributed by atoms with E-state index in [4.69, 9.17) is 0 Å². The molecule has 14 heavy (non-hydrogen) atoms. The molecule has 0 aromatic carbocycles. The zero-order chi connectivity index (χ0) is 10.7. The van der Waals surface area contributed by atoms with E-state index in [0.717, 1.165) is 6.54 Å². The van der Waals surface area contributed by atoms with Crippen LogP contribution in [0.2, 0.25) is 0 Å². The highest BCUT2D eigenvalue weighted by atomic mass is 15.3. The maximum Gasteiger partial charge on any atom is 0.0655 e. The lowest BCUT2D eigenvalue weighted by molar-refractivity contribution is 0.463. The van der Waals surface area contributed by atoms with E-state index < -0.39 is 0 Å². The van der Waals surface area contributed by atoms with E-state index in [1.165, 1.54) is 5.69 Å². The SMILES string of the molecule is CC(C)Cn1ccc(C(C)C(C)C)n1. The van der Waals surface area contributed by atoms with Crippen molar-refractivity contribution in [3.63, 3.8) is 0 Å². The third-order valence-corrected chi connectivity index (χ3v) is 2.68. The van der Waals surface area contributed by atoms with Gasteiger partial charge in [-0.05, 0) is 17.9 Å². The Morgan fingerprint density at radius 2 is 1.86 bits per heavy atom. The molecule has 1 rings (SSSR count). The molecule has 0 aliphatic carbocycles. The molecule has 2 nitrogen and oxygen atoms in total. The predicted molar refractivity (Wildman–Crippen MR) is 60.3 cm³/mol. The third kappa shape index (κ3) is 2.86. The van der Waals surface area contributed by atoms with Crippen LogP contribution in [0.4, 0.5) is 0 Å². The quantitative estimate of drug-likeness (QED) is 0.719. The molecule has 0 saturated carbocycles. The van der Waals surface area contributed by atoms with E-state index in [-0.39, 0.29) is 0 Å². The summed E-state index contributed by atoms with van der Waals surface area (Å²) in [6.07, 6.45) is 2.09. The van der Waals surface area contributed by atoms with E-state index in [9.17, 15) is 0 Å². The monoisotopic (exact) mass is 194 g/mol. The minimum absolute atomic E-state index is 0.559. The Bertz CT molecular complexity index is 274. The van der Waals surface area contributed by atoms with Gasteiger partial charge in [-0.2, -0.15) is 5.10 Å². The topological polar surface area (TPSA) is 17.8 Å². The first-order valence-corrected chi connectivity index (χ1v) is 5.54. The molecule has 0 saturated heterocycles. The summed E-state index contributed by atoms with van der Waals surface area (Å²) >= 11 is 0. The minimum Gasteiger partial charge on any atom is -0.272 e. The summed E-state index contributed by atoms with van der Waals surface area (Å²) in [5.41, 5.74) is 1.22. The highest BCUT2D eigenvalue weighted by molar-refractivity contribution is 5.05. The van der Waals surface area contributed by atoms with Gasteiger partial charge in [0.05, 0.1) is 5.69 Å². The van der Waals surface area contributed by atoms with Gasteiger partial charge in [0, 0.05) is 18.7 Å². The molecule has 0 fully saturated rings. The van der Waals surface area contributed by atoms with Crippen LogP contribution < -0.4 is 0 Å². The molecule has 2 heteroatoms. The van der Waals surface area contributed by atoms with Crippen molar-refractivity contribution in [1.29, 1.82) is 0 Å². The Morgan fingerprint density at radius 1 is 1.21 bits per heavy atom. The lowest BCUT2D eigenvalue weighted by Crippen LogP contribution is -2.07. The summed E-state index contributed by atoms with van der Waals surface area (Å²) in [4.78, 5) is 0. The highest BCUT2D eigenvalue weighted by Crippen LogP contribution is 2.21. The average Bonchev–Trinajstić information content (AvgIpc) is 2.50. The zero-order valence-corrected chi connectivity index (χ0v) is 9.99. The van der Waals surface area contributed by atoms with Crippen LogP contribution in [0.25, 0.3) is 0 Å². The lowest BCUT2D eigenvalue weighted by Gasteiger charge is -2.12. The average molecular weight is 194 g/mol. The lowest BCUT2D eigenvalue weighted by atomic mass is 9.95. The summed E-state index contributed by atoms with van der Waals surface area (Å²) in [6.45, 7) is 12.2. The van der Waals surface area contributed by atoms with Gasteiger partial charge in [-0.15, -0.1) is 0 Å². The summed E-state index contributed by atoms with van der Waals surface area (Å²) in [6, 6.07) is 2.15. The number of hydrogen-bond donors (Lipinski definition) is 0. The molecule has 1 heterocycles. The summed E-state index contributed by atoms with van der Waals surface area (Å²) in [5, 5.41) is 4.59. The molecule has 0 radical (unpaired) electrons. The molecule has 0 bridgehead atoms. The van der Waals surface area contributed by atoms with Gasteiger partial charge >= 0.3 is 0 Å². The van der Waals surface area contributed by atoms with Gasteiger partial charge in [0.25, 0.3) is 0 Å². The Hall–Kier alpha value is -0.790. The van der Waals surface area contributed by atoms with Crippen molar-refractivity contribution in [2.45, 2.75) is 47.1 Å². The van der Waals surface area contributed by atoms with Crippen LogP contribution in [0.3, 0.4) is 0 Å². The maximum atomic E-state index is 4.59. The fourth-order valence-corrected chi connectivity index (χ4v) is 1.44. The van der Waals surface area contributed by atoms with Crippen molar-refractivity contribution in [3.8, 4) is 0 Å². The smallest absolute Gasteiger partial charge is 0.0655 e. The van der Waals surface area contributed by atoms with Gasteiger partial charge in [-0.25, -0.2) is 0 Å². The number of nitrogens with zero attached hydrogens (tertiary/aromatic N) is 2. The van der Waals surface area contributed by atoms with Crippen molar-refractivity contribution in [2.24, 2.45) is 11.8 Å². The second-order valence-corrected chi connectivity index (χ2v) is 4.89. The van der Waals surface area contributed by atoms with Crippen molar-refractivity contribution in [2.75, 3.05) is 0 Å². The van der Waals surface area contributed by atoms with Crippen LogP contribution >= 0.6 is 0 Å². The van der Waals surface area contributed by atoms with Crippen LogP contribution in [-0.4, -0.2) is 9.78 Å². The molecule has 0 spiro atoms. The van der Waals surface area contributed by atoms with Gasteiger partial charge < -0.3 is 0 Å². The van der Waals surface area contributed by atoms with Crippen molar-refractivity contribution < 1.29 is 0 Å². The Balaban J connectivity index is 2.67. The number of aromatic nitrogens is 2. The Kier molecular flexibility index (Phi) is 3.73. The standard InChI is InChI=1S/C12H22N2/c1-9(2)8-14-7-6-12(13-14)11(5)10(3)4/h6-7,9-11H,8H2,1-5H3. The minimum atomic E-state index is 0.559. The van der Waals surface area contributed by atoms with Gasteiger partial charge in [0.2, 0.25) is 0 Å². The maximum absolute atomic E-state index is 4.59. The first kappa shape index (κ1) is 11.3. The first-order valence-electron chi connectivity index (χ1n) is 5.54. The van der Waals surface area contributed by atoms with E-state index in [2.05, 4.69) is 56.7 Å². The van der Waals surface area contributed by atoms with Crippen molar-refractivity contribution in [3.05, 3.63) is 18.0 Å². The van der Waals surface area contributed by atoms with Crippen molar-refractivity contribution in [1.82, 2.24) is 9.78 Å². The fraction of sp³-hybridized carbons (Fsp3) is 0.750. The molecule has 1 atom stereocenters.